The van der Waals surface area contributed by atoms with E-state index in [9.17, 15) is 0 Å². The Morgan fingerprint density at radius 1 is 1.58 bits per heavy atom. The zero-order chi connectivity index (χ0) is 8.39. The molecule has 0 saturated carbocycles. The molecule has 1 unspecified atom stereocenters. The molecule has 2 rings (SSSR count). The average molecular weight is 186 g/mol. The van der Waals surface area contributed by atoms with Gasteiger partial charge in [-0.05, 0) is 0 Å². The van der Waals surface area contributed by atoms with Gasteiger partial charge < -0.3 is 14.2 Å². The highest BCUT2D eigenvalue weighted by molar-refractivity contribution is 7.08. The van der Waals surface area contributed by atoms with Crippen LogP contribution in [0.5, 0.6) is 11.5 Å². The smallest absolute Gasteiger partial charge is 0.172 e. The highest BCUT2D eigenvalue weighted by Crippen LogP contribution is 2.35. The molecule has 0 bridgehead atoms. The molecule has 3 nitrogen and oxygen atoms in total. The van der Waals surface area contributed by atoms with Crippen LogP contribution in [0.15, 0.2) is 10.8 Å². The van der Waals surface area contributed by atoms with E-state index in [1.165, 1.54) is 0 Å². The summed E-state index contributed by atoms with van der Waals surface area (Å²) in [5, 5.41) is 3.88. The van der Waals surface area contributed by atoms with Crippen LogP contribution in [0.25, 0.3) is 0 Å². The van der Waals surface area contributed by atoms with Crippen LogP contribution in [0, 0.1) is 0 Å². The fourth-order valence-corrected chi connectivity index (χ4v) is 1.80. The van der Waals surface area contributed by atoms with E-state index in [4.69, 9.17) is 14.2 Å². The molecule has 0 spiro atoms. The second kappa shape index (κ2) is 3.33. The van der Waals surface area contributed by atoms with Crippen molar-refractivity contribution in [1.82, 2.24) is 0 Å². The van der Waals surface area contributed by atoms with E-state index >= 15 is 0 Å². The third-order valence-corrected chi connectivity index (χ3v) is 2.36. The van der Waals surface area contributed by atoms with Crippen LogP contribution in [-0.4, -0.2) is 26.4 Å². The fraction of sp³-hybridized carbons (Fsp3) is 0.500. The van der Waals surface area contributed by atoms with E-state index in [1.807, 2.05) is 10.8 Å². The maximum Gasteiger partial charge on any atom is 0.172 e. The van der Waals surface area contributed by atoms with E-state index in [0.717, 1.165) is 11.5 Å². The standard InChI is InChI=1S/C8H10O3S/c1-9-2-6-3-10-7-4-12-5-8(7)11-6/h4-6H,2-3H2,1H3. The normalized spacial score (nSPS) is 20.9. The average Bonchev–Trinajstić information content (AvgIpc) is 2.51. The molecular formula is C8H10O3S. The molecule has 0 saturated heterocycles. The lowest BCUT2D eigenvalue weighted by Crippen LogP contribution is -2.32. The number of hydrogen-bond donors (Lipinski definition) is 0. The second-order valence-electron chi connectivity index (χ2n) is 2.61. The first-order chi connectivity index (χ1) is 5.90. The Kier molecular flexibility index (Phi) is 2.19. The van der Waals surface area contributed by atoms with Gasteiger partial charge in [0.25, 0.3) is 0 Å². The maximum atomic E-state index is 5.57. The number of methoxy groups -OCH3 is 1. The number of fused-ring (bicyclic) bond motifs is 1. The predicted molar refractivity (Wildman–Crippen MR) is 46.1 cm³/mol. The van der Waals surface area contributed by atoms with Crippen molar-refractivity contribution in [2.75, 3.05) is 20.3 Å². The Bertz CT molecular complexity index is 259. The lowest BCUT2D eigenvalue weighted by Gasteiger charge is -2.23. The van der Waals surface area contributed by atoms with E-state index in [1.54, 1.807) is 18.4 Å². The van der Waals surface area contributed by atoms with Crippen molar-refractivity contribution in [2.24, 2.45) is 0 Å². The van der Waals surface area contributed by atoms with Crippen molar-refractivity contribution in [1.29, 1.82) is 0 Å². The molecule has 1 aliphatic heterocycles. The lowest BCUT2D eigenvalue weighted by molar-refractivity contribution is 0.0280. The lowest BCUT2D eigenvalue weighted by atomic mass is 10.3. The number of rotatable bonds is 2. The zero-order valence-corrected chi connectivity index (χ0v) is 7.60. The summed E-state index contributed by atoms with van der Waals surface area (Å²) in [4.78, 5) is 0. The van der Waals surface area contributed by atoms with E-state index in [2.05, 4.69) is 0 Å². The van der Waals surface area contributed by atoms with Crippen LogP contribution in [0.4, 0.5) is 0 Å². The van der Waals surface area contributed by atoms with Crippen LogP contribution >= 0.6 is 11.3 Å². The van der Waals surface area contributed by atoms with Gasteiger partial charge in [-0.25, -0.2) is 0 Å². The van der Waals surface area contributed by atoms with Gasteiger partial charge in [-0.2, -0.15) is 0 Å². The highest BCUT2D eigenvalue weighted by Gasteiger charge is 2.20. The van der Waals surface area contributed by atoms with Crippen molar-refractivity contribution in [2.45, 2.75) is 6.10 Å². The van der Waals surface area contributed by atoms with Crippen molar-refractivity contribution < 1.29 is 14.2 Å². The summed E-state index contributed by atoms with van der Waals surface area (Å²) in [6.07, 6.45) is 0.0390. The SMILES string of the molecule is COCC1COc2cscc2O1. The first kappa shape index (κ1) is 7.89. The van der Waals surface area contributed by atoms with Crippen LogP contribution in [0.1, 0.15) is 0 Å². The molecule has 2 heterocycles. The minimum absolute atomic E-state index is 0.0390. The van der Waals surface area contributed by atoms with Gasteiger partial charge in [0.05, 0.1) is 6.61 Å². The van der Waals surface area contributed by atoms with Crippen molar-refractivity contribution in [3.63, 3.8) is 0 Å². The molecule has 0 N–H and O–H groups in total. The number of ether oxygens (including phenoxy) is 3. The molecule has 66 valence electrons. The molecule has 0 radical (unpaired) electrons. The molecule has 1 aromatic heterocycles. The zero-order valence-electron chi connectivity index (χ0n) is 6.78. The molecule has 1 atom stereocenters. The van der Waals surface area contributed by atoms with Gasteiger partial charge >= 0.3 is 0 Å². The van der Waals surface area contributed by atoms with Gasteiger partial charge in [-0.3, -0.25) is 0 Å². The Morgan fingerprint density at radius 3 is 3.25 bits per heavy atom. The molecule has 0 amide bonds. The minimum atomic E-state index is 0.0390. The summed E-state index contributed by atoms with van der Waals surface area (Å²) in [5.74, 6) is 1.70. The summed E-state index contributed by atoms with van der Waals surface area (Å²) in [5.41, 5.74) is 0. The third-order valence-electron chi connectivity index (χ3n) is 1.66. The van der Waals surface area contributed by atoms with Crippen molar-refractivity contribution in [3.8, 4) is 11.5 Å². The predicted octanol–water partition coefficient (Wildman–Crippen LogP) is 1.53. The van der Waals surface area contributed by atoms with Crippen molar-refractivity contribution in [3.05, 3.63) is 10.8 Å². The van der Waals surface area contributed by atoms with Gasteiger partial charge in [0.15, 0.2) is 17.6 Å². The second-order valence-corrected chi connectivity index (χ2v) is 3.35. The molecule has 12 heavy (non-hydrogen) atoms. The molecule has 0 fully saturated rings. The molecule has 1 aromatic rings. The summed E-state index contributed by atoms with van der Waals surface area (Å²) in [6.45, 7) is 1.16. The van der Waals surface area contributed by atoms with Gasteiger partial charge in [0.1, 0.15) is 6.61 Å². The molecule has 0 aliphatic carbocycles. The summed E-state index contributed by atoms with van der Waals surface area (Å²) in [7, 11) is 1.66. The maximum absolute atomic E-state index is 5.57. The van der Waals surface area contributed by atoms with Crippen LogP contribution in [0.3, 0.4) is 0 Å². The fourth-order valence-electron chi connectivity index (χ4n) is 1.13. The third kappa shape index (κ3) is 1.40. The Labute approximate surface area is 74.9 Å². The summed E-state index contributed by atoms with van der Waals surface area (Å²) >= 11 is 1.58. The largest absolute Gasteiger partial charge is 0.485 e. The monoisotopic (exact) mass is 186 g/mol. The first-order valence-electron chi connectivity index (χ1n) is 3.74. The number of hydrogen-bond acceptors (Lipinski definition) is 4. The summed E-state index contributed by atoms with van der Waals surface area (Å²) in [6, 6.07) is 0. The Balaban J connectivity index is 2.05. The molecule has 1 aliphatic rings. The van der Waals surface area contributed by atoms with Crippen LogP contribution < -0.4 is 9.47 Å². The van der Waals surface area contributed by atoms with Gasteiger partial charge in [0, 0.05) is 17.9 Å². The Hall–Kier alpha value is -0.740. The van der Waals surface area contributed by atoms with Crippen LogP contribution in [-0.2, 0) is 4.74 Å². The van der Waals surface area contributed by atoms with E-state index in [-0.39, 0.29) is 6.10 Å². The first-order valence-corrected chi connectivity index (χ1v) is 4.69. The van der Waals surface area contributed by atoms with Crippen molar-refractivity contribution >= 4 is 11.3 Å². The molecule has 4 heteroatoms. The molecule has 0 aromatic carbocycles. The van der Waals surface area contributed by atoms with Gasteiger partial charge in [-0.1, -0.05) is 0 Å². The topological polar surface area (TPSA) is 27.7 Å². The van der Waals surface area contributed by atoms with Gasteiger partial charge in [0.2, 0.25) is 0 Å². The number of thiophene rings is 1. The van der Waals surface area contributed by atoms with Gasteiger partial charge in [-0.15, -0.1) is 11.3 Å². The molecular weight excluding hydrogens is 176 g/mol. The van der Waals surface area contributed by atoms with E-state index in [0.29, 0.717) is 13.2 Å². The van der Waals surface area contributed by atoms with Crippen LogP contribution in [0.2, 0.25) is 0 Å². The minimum Gasteiger partial charge on any atom is -0.485 e. The quantitative estimate of drug-likeness (QED) is 0.701. The summed E-state index contributed by atoms with van der Waals surface area (Å²) < 4.78 is 16.0. The van der Waals surface area contributed by atoms with E-state index < -0.39 is 0 Å². The Morgan fingerprint density at radius 2 is 2.42 bits per heavy atom. The highest BCUT2D eigenvalue weighted by atomic mass is 32.1.